The van der Waals surface area contributed by atoms with Crippen LogP contribution in [0.2, 0.25) is 0 Å². The number of nitrogens with one attached hydrogen (secondary N) is 1. The molecular formula is C21H32F3N. The van der Waals surface area contributed by atoms with Crippen molar-refractivity contribution < 1.29 is 13.2 Å². The molecule has 0 bridgehead atoms. The summed E-state index contributed by atoms with van der Waals surface area (Å²) in [6, 6.07) is 9.06. The van der Waals surface area contributed by atoms with E-state index in [0.29, 0.717) is 12.3 Å². The number of aryl methyl sites for hydroxylation is 1. The first-order chi connectivity index (χ1) is 12.0. The maximum absolute atomic E-state index is 12.0. The largest absolute Gasteiger partial charge is 0.389 e. The summed E-state index contributed by atoms with van der Waals surface area (Å²) in [5.41, 5.74) is 2.92. The molecule has 142 valence electrons. The minimum absolute atomic E-state index is 0.285. The lowest BCUT2D eigenvalue weighted by Gasteiger charge is -2.23. The van der Waals surface area contributed by atoms with E-state index < -0.39 is 12.6 Å². The number of benzene rings is 1. The van der Waals surface area contributed by atoms with Gasteiger partial charge < -0.3 is 5.32 Å². The van der Waals surface area contributed by atoms with Crippen molar-refractivity contribution in [3.8, 4) is 0 Å². The van der Waals surface area contributed by atoms with Gasteiger partial charge in [0, 0.05) is 6.42 Å². The third-order valence-electron chi connectivity index (χ3n) is 5.19. The van der Waals surface area contributed by atoms with Gasteiger partial charge in [0.15, 0.2) is 0 Å². The first-order valence-electron chi connectivity index (χ1n) is 9.91. The van der Waals surface area contributed by atoms with Crippen LogP contribution in [0.4, 0.5) is 13.2 Å². The molecule has 1 aromatic rings. The predicted octanol–water partition coefficient (Wildman–Crippen LogP) is 6.38. The zero-order valence-corrected chi connectivity index (χ0v) is 15.2. The van der Waals surface area contributed by atoms with Gasteiger partial charge in [-0.3, -0.25) is 0 Å². The molecule has 0 aliphatic carbocycles. The summed E-state index contributed by atoms with van der Waals surface area (Å²) in [5, 5.41) is 3.42. The Balaban J connectivity index is 1.54. The summed E-state index contributed by atoms with van der Waals surface area (Å²) in [5.74, 6) is 0.706. The fraction of sp³-hybridized carbons (Fsp3) is 0.714. The average Bonchev–Trinajstić information content (AvgIpc) is 2.60. The third-order valence-corrected chi connectivity index (χ3v) is 5.19. The van der Waals surface area contributed by atoms with E-state index in [1.165, 1.54) is 36.8 Å². The monoisotopic (exact) mass is 355 g/mol. The number of rotatable bonds is 10. The molecule has 2 rings (SSSR count). The summed E-state index contributed by atoms with van der Waals surface area (Å²) < 4.78 is 36.1. The summed E-state index contributed by atoms with van der Waals surface area (Å²) in [6.07, 6.45) is 5.46. The molecule has 0 atom stereocenters. The molecule has 1 aliphatic heterocycles. The molecule has 4 heteroatoms. The SMILES string of the molecule is FC(F)(F)CCCCCCCCCc1cccc(C2CCNCC2)c1. The molecule has 1 saturated heterocycles. The number of hydrogen-bond acceptors (Lipinski definition) is 1. The first-order valence-corrected chi connectivity index (χ1v) is 9.91. The molecule has 1 fully saturated rings. The molecule has 25 heavy (non-hydrogen) atoms. The van der Waals surface area contributed by atoms with Crippen LogP contribution in [0, 0.1) is 0 Å². The molecule has 0 aromatic heterocycles. The first kappa shape index (κ1) is 20.3. The number of halogens is 3. The fourth-order valence-electron chi connectivity index (χ4n) is 3.70. The maximum atomic E-state index is 12.0. The zero-order valence-electron chi connectivity index (χ0n) is 15.2. The average molecular weight is 355 g/mol. The highest BCUT2D eigenvalue weighted by molar-refractivity contribution is 5.27. The fourth-order valence-corrected chi connectivity index (χ4v) is 3.70. The number of hydrogen-bond donors (Lipinski definition) is 1. The molecular weight excluding hydrogens is 323 g/mol. The van der Waals surface area contributed by atoms with Gasteiger partial charge in [0.25, 0.3) is 0 Å². The quantitative estimate of drug-likeness (QED) is 0.480. The van der Waals surface area contributed by atoms with Gasteiger partial charge in [0.05, 0.1) is 0 Å². The second-order valence-electron chi connectivity index (χ2n) is 7.36. The van der Waals surface area contributed by atoms with E-state index in [1.54, 1.807) is 0 Å². The summed E-state index contributed by atoms with van der Waals surface area (Å²) >= 11 is 0. The standard InChI is InChI=1S/C21H32F3N/c22-21(23,24)14-7-5-3-1-2-4-6-9-18-10-8-11-20(17-18)19-12-15-25-16-13-19/h8,10-11,17,19,25H,1-7,9,12-16H2. The van der Waals surface area contributed by atoms with Crippen LogP contribution in [0.5, 0.6) is 0 Å². The van der Waals surface area contributed by atoms with Crippen LogP contribution in [0.3, 0.4) is 0 Å². The lowest BCUT2D eigenvalue weighted by atomic mass is 9.89. The number of alkyl halides is 3. The Kier molecular flexibility index (Phi) is 8.80. The lowest BCUT2D eigenvalue weighted by Crippen LogP contribution is -2.26. The summed E-state index contributed by atoms with van der Waals surface area (Å²) in [6.45, 7) is 2.25. The molecule has 1 nitrogen and oxygen atoms in total. The van der Waals surface area contributed by atoms with Crippen molar-refractivity contribution in [2.75, 3.05) is 13.1 Å². The van der Waals surface area contributed by atoms with Crippen molar-refractivity contribution in [2.45, 2.75) is 82.7 Å². The smallest absolute Gasteiger partial charge is 0.317 e. The van der Waals surface area contributed by atoms with Crippen molar-refractivity contribution in [3.05, 3.63) is 35.4 Å². The van der Waals surface area contributed by atoms with Crippen molar-refractivity contribution in [1.82, 2.24) is 5.32 Å². The molecule has 1 aromatic carbocycles. The van der Waals surface area contributed by atoms with Crippen LogP contribution < -0.4 is 5.32 Å². The highest BCUT2D eigenvalue weighted by Gasteiger charge is 2.25. The molecule has 1 N–H and O–H groups in total. The predicted molar refractivity (Wildman–Crippen MR) is 98.0 cm³/mol. The van der Waals surface area contributed by atoms with E-state index in [1.807, 2.05) is 0 Å². The molecule has 0 amide bonds. The van der Waals surface area contributed by atoms with Gasteiger partial charge in [0.1, 0.15) is 0 Å². The summed E-state index contributed by atoms with van der Waals surface area (Å²) in [4.78, 5) is 0. The Hall–Kier alpha value is -1.03. The van der Waals surface area contributed by atoms with Crippen LogP contribution in [0.15, 0.2) is 24.3 Å². The van der Waals surface area contributed by atoms with Crippen LogP contribution in [0.1, 0.15) is 81.3 Å². The zero-order chi connectivity index (χ0) is 18.0. The maximum Gasteiger partial charge on any atom is 0.389 e. The van der Waals surface area contributed by atoms with Crippen molar-refractivity contribution >= 4 is 0 Å². The van der Waals surface area contributed by atoms with E-state index >= 15 is 0 Å². The van der Waals surface area contributed by atoms with Gasteiger partial charge in [-0.25, -0.2) is 0 Å². The third kappa shape index (κ3) is 8.75. The normalized spacial score (nSPS) is 16.3. The molecule has 0 unspecified atom stereocenters. The molecule has 0 radical (unpaired) electrons. The van der Waals surface area contributed by atoms with E-state index in [-0.39, 0.29) is 6.42 Å². The Morgan fingerprint density at radius 2 is 1.52 bits per heavy atom. The molecule has 1 aliphatic rings. The van der Waals surface area contributed by atoms with Crippen molar-refractivity contribution in [2.24, 2.45) is 0 Å². The second kappa shape index (κ2) is 10.8. The van der Waals surface area contributed by atoms with Crippen molar-refractivity contribution in [1.29, 1.82) is 0 Å². The van der Waals surface area contributed by atoms with Gasteiger partial charge in [-0.15, -0.1) is 0 Å². The molecule has 0 spiro atoms. The van der Waals surface area contributed by atoms with Gasteiger partial charge in [-0.05, 0) is 62.2 Å². The topological polar surface area (TPSA) is 12.0 Å². The Morgan fingerprint density at radius 1 is 0.880 bits per heavy atom. The lowest BCUT2D eigenvalue weighted by molar-refractivity contribution is -0.135. The van der Waals surface area contributed by atoms with E-state index in [4.69, 9.17) is 0 Å². The van der Waals surface area contributed by atoms with Crippen LogP contribution in [-0.2, 0) is 6.42 Å². The van der Waals surface area contributed by atoms with Crippen LogP contribution >= 0.6 is 0 Å². The number of unbranched alkanes of at least 4 members (excludes halogenated alkanes) is 6. The van der Waals surface area contributed by atoms with E-state index in [0.717, 1.165) is 38.8 Å². The van der Waals surface area contributed by atoms with E-state index in [9.17, 15) is 13.2 Å². The Bertz CT molecular complexity index is 478. The molecule has 0 saturated carbocycles. The summed E-state index contributed by atoms with van der Waals surface area (Å²) in [7, 11) is 0. The van der Waals surface area contributed by atoms with Crippen LogP contribution in [-0.4, -0.2) is 19.3 Å². The van der Waals surface area contributed by atoms with Crippen molar-refractivity contribution in [3.63, 3.8) is 0 Å². The van der Waals surface area contributed by atoms with Gasteiger partial charge in [0.2, 0.25) is 0 Å². The highest BCUT2D eigenvalue weighted by atomic mass is 19.4. The van der Waals surface area contributed by atoms with Gasteiger partial charge >= 0.3 is 6.18 Å². The minimum atomic E-state index is -3.98. The van der Waals surface area contributed by atoms with Gasteiger partial charge in [-0.1, -0.05) is 56.4 Å². The number of piperidine rings is 1. The second-order valence-corrected chi connectivity index (χ2v) is 7.36. The van der Waals surface area contributed by atoms with E-state index in [2.05, 4.69) is 29.6 Å². The van der Waals surface area contributed by atoms with Crippen LogP contribution in [0.25, 0.3) is 0 Å². The minimum Gasteiger partial charge on any atom is -0.317 e. The van der Waals surface area contributed by atoms with Gasteiger partial charge in [-0.2, -0.15) is 13.2 Å². The highest BCUT2D eigenvalue weighted by Crippen LogP contribution is 2.26. The Morgan fingerprint density at radius 3 is 2.20 bits per heavy atom. The Labute approximate surface area is 150 Å². The molecule has 1 heterocycles.